The molecule has 4 aromatic rings. The predicted octanol–water partition coefficient (Wildman–Crippen LogP) is 4.45. The minimum absolute atomic E-state index is 0.134. The molecule has 186 valence electrons. The van der Waals surface area contributed by atoms with Gasteiger partial charge in [0.05, 0.1) is 32.1 Å². The standard InChI is InChI=1S/C27H30N6O3/c1-28-9-10-29-19-7-5-17(6-8-19)24-14-23-25-18(15-30-26(23)31-24)16-33(27(34)32(25)2)20-11-21(35-3)13-22(12-20)36-4/h5-8,11-15,28-29H,9-10,16H2,1-4H3,(H,30,31). The number of nitrogens with zero attached hydrogens (tertiary/aromatic N) is 3. The summed E-state index contributed by atoms with van der Waals surface area (Å²) in [7, 11) is 6.92. The van der Waals surface area contributed by atoms with Crippen LogP contribution < -0.4 is 29.9 Å². The van der Waals surface area contributed by atoms with Crippen LogP contribution in [0.5, 0.6) is 11.5 Å². The summed E-state index contributed by atoms with van der Waals surface area (Å²) in [5, 5.41) is 7.43. The molecule has 0 bridgehead atoms. The van der Waals surface area contributed by atoms with Crippen molar-refractivity contribution in [3.8, 4) is 22.8 Å². The Morgan fingerprint density at radius 3 is 2.42 bits per heavy atom. The molecule has 0 radical (unpaired) electrons. The number of anilines is 3. The van der Waals surface area contributed by atoms with Crippen molar-refractivity contribution in [3.63, 3.8) is 0 Å². The molecule has 0 saturated heterocycles. The first kappa shape index (κ1) is 23.5. The van der Waals surface area contributed by atoms with E-state index in [1.54, 1.807) is 37.1 Å². The lowest BCUT2D eigenvalue weighted by Gasteiger charge is -2.35. The lowest BCUT2D eigenvalue weighted by atomic mass is 10.1. The molecule has 9 heteroatoms. The Kier molecular flexibility index (Phi) is 6.39. The van der Waals surface area contributed by atoms with E-state index in [1.165, 1.54) is 0 Å². The molecular weight excluding hydrogens is 456 g/mol. The van der Waals surface area contributed by atoms with Gasteiger partial charge in [0, 0.05) is 66.9 Å². The number of hydrogen-bond acceptors (Lipinski definition) is 6. The lowest BCUT2D eigenvalue weighted by molar-refractivity contribution is 0.251. The number of carbonyl (C=O) groups excluding carboxylic acids is 1. The molecule has 5 rings (SSSR count). The third-order valence-corrected chi connectivity index (χ3v) is 6.44. The summed E-state index contributed by atoms with van der Waals surface area (Å²) in [5.74, 6) is 1.25. The van der Waals surface area contributed by atoms with Gasteiger partial charge in [0.25, 0.3) is 0 Å². The van der Waals surface area contributed by atoms with E-state index in [-0.39, 0.29) is 6.03 Å². The summed E-state index contributed by atoms with van der Waals surface area (Å²) in [5.41, 5.74) is 6.34. The Labute approximate surface area is 210 Å². The van der Waals surface area contributed by atoms with Crippen LogP contribution >= 0.6 is 0 Å². The van der Waals surface area contributed by atoms with Gasteiger partial charge >= 0.3 is 6.03 Å². The van der Waals surface area contributed by atoms with E-state index in [0.717, 1.165) is 52.3 Å². The topological polar surface area (TPSA) is 94.8 Å². The third kappa shape index (κ3) is 4.29. The van der Waals surface area contributed by atoms with E-state index in [2.05, 4.69) is 50.9 Å². The molecule has 3 heterocycles. The van der Waals surface area contributed by atoms with Crippen molar-refractivity contribution < 1.29 is 14.3 Å². The minimum atomic E-state index is -0.134. The van der Waals surface area contributed by atoms with Crippen molar-refractivity contribution in [2.45, 2.75) is 6.54 Å². The molecule has 3 N–H and O–H groups in total. The van der Waals surface area contributed by atoms with Gasteiger partial charge in [0.1, 0.15) is 17.1 Å². The molecule has 0 unspecified atom stereocenters. The molecule has 2 aromatic heterocycles. The van der Waals surface area contributed by atoms with Crippen LogP contribution in [0.25, 0.3) is 22.3 Å². The van der Waals surface area contributed by atoms with Crippen molar-refractivity contribution in [1.82, 2.24) is 15.3 Å². The van der Waals surface area contributed by atoms with Crippen molar-refractivity contribution >= 4 is 34.1 Å². The maximum Gasteiger partial charge on any atom is 0.329 e. The number of nitrogens with one attached hydrogen (secondary N) is 3. The van der Waals surface area contributed by atoms with Gasteiger partial charge in [0.15, 0.2) is 0 Å². The van der Waals surface area contributed by atoms with Crippen LogP contribution in [0.3, 0.4) is 0 Å². The first-order valence-electron chi connectivity index (χ1n) is 11.8. The van der Waals surface area contributed by atoms with Gasteiger partial charge in [-0.05, 0) is 30.8 Å². The van der Waals surface area contributed by atoms with Gasteiger partial charge in [-0.3, -0.25) is 9.80 Å². The molecule has 1 aliphatic rings. The molecule has 0 fully saturated rings. The second-order valence-corrected chi connectivity index (χ2v) is 8.68. The average Bonchev–Trinajstić information content (AvgIpc) is 3.35. The highest BCUT2D eigenvalue weighted by molar-refractivity contribution is 6.11. The van der Waals surface area contributed by atoms with Gasteiger partial charge in [-0.1, -0.05) is 12.1 Å². The highest BCUT2D eigenvalue weighted by Gasteiger charge is 2.31. The van der Waals surface area contributed by atoms with E-state index < -0.39 is 0 Å². The largest absolute Gasteiger partial charge is 0.497 e. The number of hydrogen-bond donors (Lipinski definition) is 3. The Morgan fingerprint density at radius 2 is 1.75 bits per heavy atom. The van der Waals surface area contributed by atoms with Crippen LogP contribution in [-0.2, 0) is 6.54 Å². The zero-order valence-corrected chi connectivity index (χ0v) is 20.9. The molecule has 9 nitrogen and oxygen atoms in total. The highest BCUT2D eigenvalue weighted by Crippen LogP contribution is 2.39. The average molecular weight is 487 g/mol. The number of pyridine rings is 1. The number of methoxy groups -OCH3 is 2. The fourth-order valence-corrected chi connectivity index (χ4v) is 4.53. The summed E-state index contributed by atoms with van der Waals surface area (Å²) in [6.07, 6.45) is 1.83. The van der Waals surface area contributed by atoms with Crippen LogP contribution in [0.1, 0.15) is 5.56 Å². The quantitative estimate of drug-likeness (QED) is 0.319. The Balaban J connectivity index is 1.47. The zero-order valence-electron chi connectivity index (χ0n) is 20.9. The van der Waals surface area contributed by atoms with Gasteiger partial charge in [-0.25, -0.2) is 9.78 Å². The molecule has 0 spiro atoms. The molecule has 0 saturated carbocycles. The summed E-state index contributed by atoms with van der Waals surface area (Å²) < 4.78 is 10.8. The van der Waals surface area contributed by atoms with Crippen molar-refractivity contribution in [2.75, 3.05) is 56.5 Å². The second-order valence-electron chi connectivity index (χ2n) is 8.68. The first-order valence-corrected chi connectivity index (χ1v) is 11.8. The zero-order chi connectivity index (χ0) is 25.2. The summed E-state index contributed by atoms with van der Waals surface area (Å²) >= 11 is 0. The van der Waals surface area contributed by atoms with E-state index in [0.29, 0.717) is 23.7 Å². The van der Waals surface area contributed by atoms with Crippen molar-refractivity contribution in [1.29, 1.82) is 0 Å². The Bertz CT molecular complexity index is 1380. The minimum Gasteiger partial charge on any atom is -0.497 e. The van der Waals surface area contributed by atoms with Gasteiger partial charge in [-0.15, -0.1) is 0 Å². The monoisotopic (exact) mass is 486 g/mol. The predicted molar refractivity (Wildman–Crippen MR) is 143 cm³/mol. The SMILES string of the molecule is CNCCNc1ccc(-c2cc3c4c(cnc3[nH]2)CN(c2cc(OC)cc(OC)c2)C(=O)N4C)cc1. The van der Waals surface area contributed by atoms with Crippen molar-refractivity contribution in [2.24, 2.45) is 0 Å². The fraction of sp³-hybridized carbons (Fsp3) is 0.259. The molecule has 2 aromatic carbocycles. The van der Waals surface area contributed by atoms with Gasteiger partial charge in [-0.2, -0.15) is 0 Å². The number of aromatic nitrogens is 2. The number of ether oxygens (including phenoxy) is 2. The normalized spacial score (nSPS) is 13.2. The highest BCUT2D eigenvalue weighted by atomic mass is 16.5. The van der Waals surface area contributed by atoms with Crippen LogP contribution in [0.15, 0.2) is 54.7 Å². The number of rotatable bonds is 8. The third-order valence-electron chi connectivity index (χ3n) is 6.44. The second kappa shape index (κ2) is 9.79. The van der Waals surface area contributed by atoms with E-state index in [1.807, 2.05) is 25.4 Å². The number of amides is 2. The smallest absolute Gasteiger partial charge is 0.329 e. The number of fused-ring (bicyclic) bond motifs is 3. The molecule has 2 amide bonds. The summed E-state index contributed by atoms with van der Waals surface area (Å²) in [6.45, 7) is 2.15. The number of urea groups is 1. The number of benzene rings is 2. The molecular formula is C27H30N6O3. The van der Waals surface area contributed by atoms with Crippen LogP contribution in [0, 0.1) is 0 Å². The Hall–Kier alpha value is -4.24. The fourth-order valence-electron chi connectivity index (χ4n) is 4.53. The molecule has 36 heavy (non-hydrogen) atoms. The number of likely N-dealkylation sites (N-methyl/N-ethyl adjacent to an activating group) is 1. The van der Waals surface area contributed by atoms with Gasteiger partial charge < -0.3 is 25.1 Å². The summed E-state index contributed by atoms with van der Waals surface area (Å²) in [6, 6.07) is 15.7. The lowest BCUT2D eigenvalue weighted by Crippen LogP contribution is -2.45. The first-order chi connectivity index (χ1) is 17.5. The maximum absolute atomic E-state index is 13.5. The number of carbonyl (C=O) groups is 1. The summed E-state index contributed by atoms with van der Waals surface area (Å²) in [4.78, 5) is 25.0. The van der Waals surface area contributed by atoms with E-state index >= 15 is 0 Å². The molecule has 0 atom stereocenters. The van der Waals surface area contributed by atoms with Gasteiger partial charge in [0.2, 0.25) is 0 Å². The van der Waals surface area contributed by atoms with E-state index in [9.17, 15) is 4.79 Å². The van der Waals surface area contributed by atoms with Crippen LogP contribution in [-0.4, -0.2) is 57.4 Å². The van der Waals surface area contributed by atoms with E-state index in [4.69, 9.17) is 9.47 Å². The number of H-pyrrole nitrogens is 1. The number of aromatic amines is 1. The molecule has 0 aliphatic carbocycles. The Morgan fingerprint density at radius 1 is 1.03 bits per heavy atom. The molecule has 1 aliphatic heterocycles. The van der Waals surface area contributed by atoms with Crippen molar-refractivity contribution in [3.05, 3.63) is 60.3 Å². The maximum atomic E-state index is 13.5. The van der Waals surface area contributed by atoms with Crippen LogP contribution in [0.4, 0.5) is 21.9 Å². The van der Waals surface area contributed by atoms with Crippen LogP contribution in [0.2, 0.25) is 0 Å².